The molecule has 0 amide bonds. The number of rotatable bonds is 6. The molecular formula is C13H22ClN3O2. The second-order valence-electron chi connectivity index (χ2n) is 4.91. The van der Waals surface area contributed by atoms with E-state index in [1.54, 1.807) is 0 Å². The van der Waals surface area contributed by atoms with E-state index in [0.717, 1.165) is 32.1 Å². The van der Waals surface area contributed by atoms with Gasteiger partial charge in [0.25, 0.3) is 5.89 Å². The molecule has 19 heavy (non-hydrogen) atoms. The molecule has 0 aliphatic heterocycles. The number of ether oxygens (including phenoxy) is 1. The number of hydrogen-bond donors (Lipinski definition) is 1. The monoisotopic (exact) mass is 287 g/mol. The quantitative estimate of drug-likeness (QED) is 0.643. The maximum absolute atomic E-state index is 6.28. The first-order chi connectivity index (χ1) is 8.65. The van der Waals surface area contributed by atoms with E-state index in [1.165, 1.54) is 0 Å². The standard InChI is InChI=1S/C13H21N3O2.ClH/c1-3-4-9-17-10(2)11-15-12(16-18-11)13(14)7-5-6-8-13;/h3,10H,1,4-9,14H2,2H3;1H. The summed E-state index contributed by atoms with van der Waals surface area (Å²) in [6, 6.07) is 0. The first-order valence-electron chi connectivity index (χ1n) is 6.51. The Labute approximate surface area is 120 Å². The molecule has 0 spiro atoms. The number of nitrogens with zero attached hydrogens (tertiary/aromatic N) is 2. The summed E-state index contributed by atoms with van der Waals surface area (Å²) >= 11 is 0. The Kier molecular flexibility index (Phi) is 5.97. The van der Waals surface area contributed by atoms with Gasteiger partial charge in [0.15, 0.2) is 5.82 Å². The molecule has 1 aliphatic carbocycles. The minimum atomic E-state index is -0.400. The molecule has 1 saturated carbocycles. The van der Waals surface area contributed by atoms with Crippen molar-refractivity contribution in [2.75, 3.05) is 6.61 Å². The van der Waals surface area contributed by atoms with Crippen molar-refractivity contribution < 1.29 is 9.26 Å². The van der Waals surface area contributed by atoms with Crippen LogP contribution in [-0.2, 0) is 10.3 Å². The van der Waals surface area contributed by atoms with Crippen molar-refractivity contribution in [1.82, 2.24) is 10.1 Å². The summed E-state index contributed by atoms with van der Waals surface area (Å²) in [5.41, 5.74) is 5.88. The topological polar surface area (TPSA) is 74.2 Å². The van der Waals surface area contributed by atoms with Crippen LogP contribution in [0.2, 0.25) is 0 Å². The number of aromatic nitrogens is 2. The summed E-state index contributed by atoms with van der Waals surface area (Å²) in [6.07, 6.45) is 6.55. The molecule has 1 aromatic heterocycles. The average Bonchev–Trinajstić information content (AvgIpc) is 2.98. The lowest BCUT2D eigenvalue weighted by atomic mass is 9.99. The van der Waals surface area contributed by atoms with Crippen LogP contribution in [0.25, 0.3) is 0 Å². The Morgan fingerprint density at radius 1 is 1.53 bits per heavy atom. The highest BCUT2D eigenvalue weighted by molar-refractivity contribution is 5.85. The molecule has 2 N–H and O–H groups in total. The van der Waals surface area contributed by atoms with Crippen LogP contribution in [0, 0.1) is 0 Å². The summed E-state index contributed by atoms with van der Waals surface area (Å²) in [5, 5.41) is 4.01. The van der Waals surface area contributed by atoms with Gasteiger partial charge in [-0.1, -0.05) is 24.1 Å². The first kappa shape index (κ1) is 16.1. The molecule has 1 unspecified atom stereocenters. The van der Waals surface area contributed by atoms with E-state index in [1.807, 2.05) is 13.0 Å². The predicted octanol–water partition coefficient (Wildman–Crippen LogP) is 2.87. The van der Waals surface area contributed by atoms with Crippen LogP contribution in [0.3, 0.4) is 0 Å². The van der Waals surface area contributed by atoms with Crippen LogP contribution in [-0.4, -0.2) is 16.7 Å². The first-order valence-corrected chi connectivity index (χ1v) is 6.51. The van der Waals surface area contributed by atoms with Gasteiger partial charge < -0.3 is 15.0 Å². The van der Waals surface area contributed by atoms with Crippen LogP contribution < -0.4 is 5.73 Å². The van der Waals surface area contributed by atoms with Crippen molar-refractivity contribution in [3.05, 3.63) is 24.4 Å². The molecular weight excluding hydrogens is 266 g/mol. The molecule has 108 valence electrons. The Morgan fingerprint density at radius 3 is 2.84 bits per heavy atom. The van der Waals surface area contributed by atoms with Gasteiger partial charge in [0.2, 0.25) is 0 Å². The van der Waals surface area contributed by atoms with E-state index >= 15 is 0 Å². The van der Waals surface area contributed by atoms with Crippen LogP contribution >= 0.6 is 12.4 Å². The van der Waals surface area contributed by atoms with Gasteiger partial charge in [0.1, 0.15) is 6.10 Å². The van der Waals surface area contributed by atoms with Crippen LogP contribution in [0.4, 0.5) is 0 Å². The van der Waals surface area contributed by atoms with Gasteiger partial charge in [-0.25, -0.2) is 0 Å². The fourth-order valence-electron chi connectivity index (χ4n) is 2.23. The van der Waals surface area contributed by atoms with E-state index < -0.39 is 5.54 Å². The molecule has 2 rings (SSSR count). The molecule has 0 bridgehead atoms. The lowest BCUT2D eigenvalue weighted by Gasteiger charge is -2.17. The predicted molar refractivity (Wildman–Crippen MR) is 75.1 cm³/mol. The Bertz CT molecular complexity index is 402. The zero-order chi connectivity index (χ0) is 13.0. The average molecular weight is 288 g/mol. The summed E-state index contributed by atoms with van der Waals surface area (Å²) in [7, 11) is 0. The molecule has 1 fully saturated rings. The molecule has 1 heterocycles. The van der Waals surface area contributed by atoms with Crippen molar-refractivity contribution in [1.29, 1.82) is 0 Å². The Morgan fingerprint density at radius 2 is 2.21 bits per heavy atom. The molecule has 0 aromatic carbocycles. The largest absolute Gasteiger partial charge is 0.368 e. The van der Waals surface area contributed by atoms with Gasteiger partial charge >= 0.3 is 0 Å². The second kappa shape index (κ2) is 7.03. The maximum atomic E-state index is 6.28. The molecule has 1 aromatic rings. The molecule has 0 saturated heterocycles. The highest BCUT2D eigenvalue weighted by atomic mass is 35.5. The van der Waals surface area contributed by atoms with Crippen molar-refractivity contribution in [2.24, 2.45) is 5.73 Å². The van der Waals surface area contributed by atoms with Crippen LogP contribution in [0.1, 0.15) is 56.8 Å². The number of halogens is 1. The van der Waals surface area contributed by atoms with Crippen LogP contribution in [0.5, 0.6) is 0 Å². The van der Waals surface area contributed by atoms with Crippen molar-refractivity contribution >= 4 is 12.4 Å². The van der Waals surface area contributed by atoms with E-state index in [9.17, 15) is 0 Å². The van der Waals surface area contributed by atoms with E-state index in [0.29, 0.717) is 18.3 Å². The third-order valence-electron chi connectivity index (χ3n) is 3.42. The van der Waals surface area contributed by atoms with Gasteiger partial charge in [-0.15, -0.1) is 19.0 Å². The minimum absolute atomic E-state index is 0. The maximum Gasteiger partial charge on any atom is 0.255 e. The van der Waals surface area contributed by atoms with Gasteiger partial charge in [-0.3, -0.25) is 0 Å². The van der Waals surface area contributed by atoms with Gasteiger partial charge in [-0.05, 0) is 26.2 Å². The third kappa shape index (κ3) is 3.78. The second-order valence-corrected chi connectivity index (χ2v) is 4.91. The lowest BCUT2D eigenvalue weighted by molar-refractivity contribution is 0.0459. The van der Waals surface area contributed by atoms with Crippen LogP contribution in [0.15, 0.2) is 17.2 Å². The van der Waals surface area contributed by atoms with Gasteiger partial charge in [0, 0.05) is 0 Å². The molecule has 6 heteroatoms. The highest BCUT2D eigenvalue weighted by Crippen LogP contribution is 2.35. The van der Waals surface area contributed by atoms with Gasteiger partial charge in [-0.2, -0.15) is 4.98 Å². The zero-order valence-electron chi connectivity index (χ0n) is 11.3. The zero-order valence-corrected chi connectivity index (χ0v) is 12.1. The molecule has 5 nitrogen and oxygen atoms in total. The van der Waals surface area contributed by atoms with Crippen molar-refractivity contribution in [3.8, 4) is 0 Å². The smallest absolute Gasteiger partial charge is 0.255 e. The SMILES string of the molecule is C=CCCOC(C)c1nc(C2(N)CCCC2)no1.Cl. The number of hydrogen-bond acceptors (Lipinski definition) is 5. The van der Waals surface area contributed by atoms with Gasteiger partial charge in [0.05, 0.1) is 12.1 Å². The normalized spacial score (nSPS) is 18.8. The summed E-state index contributed by atoms with van der Waals surface area (Å²) < 4.78 is 10.8. The van der Waals surface area contributed by atoms with E-state index in [4.69, 9.17) is 15.0 Å². The summed E-state index contributed by atoms with van der Waals surface area (Å²) in [6.45, 7) is 6.16. The fraction of sp³-hybridized carbons (Fsp3) is 0.692. The minimum Gasteiger partial charge on any atom is -0.368 e. The highest BCUT2D eigenvalue weighted by Gasteiger charge is 2.36. The molecule has 0 radical (unpaired) electrons. The summed E-state index contributed by atoms with van der Waals surface area (Å²) in [5.74, 6) is 1.12. The number of nitrogens with two attached hydrogens (primary N) is 1. The third-order valence-corrected chi connectivity index (χ3v) is 3.42. The molecule has 1 atom stereocenters. The van der Waals surface area contributed by atoms with Crippen molar-refractivity contribution in [2.45, 2.75) is 50.7 Å². The Balaban J connectivity index is 0.00000180. The van der Waals surface area contributed by atoms with E-state index in [2.05, 4.69) is 16.7 Å². The molecule has 1 aliphatic rings. The van der Waals surface area contributed by atoms with Crippen molar-refractivity contribution in [3.63, 3.8) is 0 Å². The Hall–Kier alpha value is -0.910. The lowest BCUT2D eigenvalue weighted by Crippen LogP contribution is -2.34. The fourth-order valence-corrected chi connectivity index (χ4v) is 2.23. The summed E-state index contributed by atoms with van der Waals surface area (Å²) in [4.78, 5) is 4.39. The van der Waals surface area contributed by atoms with E-state index in [-0.39, 0.29) is 18.5 Å².